The summed E-state index contributed by atoms with van der Waals surface area (Å²) in [6, 6.07) is 15.7. The van der Waals surface area contributed by atoms with Gasteiger partial charge in [-0.1, -0.05) is 41.9 Å². The molecule has 5 nitrogen and oxygen atoms in total. The van der Waals surface area contributed by atoms with E-state index < -0.39 is 0 Å². The molecule has 3 rings (SSSR count). The van der Waals surface area contributed by atoms with Gasteiger partial charge in [0, 0.05) is 19.0 Å². The second kappa shape index (κ2) is 10.6. The first-order chi connectivity index (χ1) is 12.7. The highest BCUT2D eigenvalue weighted by atomic mass is 127. The van der Waals surface area contributed by atoms with E-state index in [1.807, 2.05) is 49.4 Å². The van der Waals surface area contributed by atoms with Crippen LogP contribution in [0.25, 0.3) is 0 Å². The van der Waals surface area contributed by atoms with E-state index in [1.165, 1.54) is 0 Å². The van der Waals surface area contributed by atoms with Crippen LogP contribution in [0.3, 0.4) is 0 Å². The zero-order chi connectivity index (χ0) is 18.4. The molecule has 2 unspecified atom stereocenters. The molecule has 0 amide bonds. The zero-order valence-electron chi connectivity index (χ0n) is 15.4. The van der Waals surface area contributed by atoms with Crippen molar-refractivity contribution in [2.45, 2.75) is 25.5 Å². The number of guanidine groups is 1. The van der Waals surface area contributed by atoms with Crippen molar-refractivity contribution in [3.63, 3.8) is 0 Å². The van der Waals surface area contributed by atoms with Crippen LogP contribution in [0.4, 0.5) is 0 Å². The molecule has 0 spiro atoms. The van der Waals surface area contributed by atoms with Crippen LogP contribution in [0, 0.1) is 0 Å². The van der Waals surface area contributed by atoms with Gasteiger partial charge < -0.3 is 20.1 Å². The van der Waals surface area contributed by atoms with E-state index in [-0.39, 0.29) is 36.1 Å². The van der Waals surface area contributed by atoms with Crippen molar-refractivity contribution in [3.05, 3.63) is 59.1 Å². The number of nitrogens with zero attached hydrogens (tertiary/aromatic N) is 1. The standard InChI is InChI=1S/C20H24ClN3O2.HI/c1-14(26-19-10-6-4-8-16(19)21)13-23-20(22-2)24-17-11-12-25-18-9-5-3-7-15(17)18;/h3-10,14,17H,11-13H2,1-2H3,(H2,22,23,24);1H. The lowest BCUT2D eigenvalue weighted by atomic mass is 10.0. The topological polar surface area (TPSA) is 54.9 Å². The van der Waals surface area contributed by atoms with Gasteiger partial charge in [-0.3, -0.25) is 4.99 Å². The molecule has 0 saturated carbocycles. The summed E-state index contributed by atoms with van der Waals surface area (Å²) in [4.78, 5) is 4.32. The second-order valence-corrected chi connectivity index (χ2v) is 6.59. The largest absolute Gasteiger partial charge is 0.493 e. The third-order valence-corrected chi connectivity index (χ3v) is 4.53. The van der Waals surface area contributed by atoms with E-state index in [0.29, 0.717) is 23.9 Å². The van der Waals surface area contributed by atoms with E-state index >= 15 is 0 Å². The molecule has 0 radical (unpaired) electrons. The third kappa shape index (κ3) is 5.90. The first-order valence-electron chi connectivity index (χ1n) is 8.77. The molecule has 1 aliphatic rings. The van der Waals surface area contributed by atoms with Gasteiger partial charge >= 0.3 is 0 Å². The highest BCUT2D eigenvalue weighted by molar-refractivity contribution is 14.0. The molecular weight excluding hydrogens is 477 g/mol. The van der Waals surface area contributed by atoms with E-state index in [2.05, 4.69) is 21.7 Å². The predicted molar refractivity (Wildman–Crippen MR) is 121 cm³/mol. The first kappa shape index (κ1) is 21.6. The molecule has 0 bridgehead atoms. The second-order valence-electron chi connectivity index (χ2n) is 6.18. The number of fused-ring (bicyclic) bond motifs is 1. The maximum atomic E-state index is 6.14. The number of hydrogen-bond donors (Lipinski definition) is 2. The molecule has 0 aromatic heterocycles. The maximum absolute atomic E-state index is 6.14. The molecule has 2 N–H and O–H groups in total. The number of nitrogens with one attached hydrogen (secondary N) is 2. The van der Waals surface area contributed by atoms with Crippen molar-refractivity contribution >= 4 is 41.5 Å². The van der Waals surface area contributed by atoms with Crippen molar-refractivity contribution in [1.82, 2.24) is 10.6 Å². The summed E-state index contributed by atoms with van der Waals surface area (Å²) in [5.74, 6) is 2.35. The summed E-state index contributed by atoms with van der Waals surface area (Å²) in [6.45, 7) is 3.29. The Morgan fingerprint density at radius 2 is 2.00 bits per heavy atom. The fraction of sp³-hybridized carbons (Fsp3) is 0.350. The Bertz CT molecular complexity index is 772. The highest BCUT2D eigenvalue weighted by Crippen LogP contribution is 2.31. The summed E-state index contributed by atoms with van der Waals surface area (Å²) in [5.41, 5.74) is 1.15. The van der Waals surface area contributed by atoms with Gasteiger partial charge in [-0.2, -0.15) is 0 Å². The number of aliphatic imine (C=N–C) groups is 1. The van der Waals surface area contributed by atoms with Crippen LogP contribution in [-0.2, 0) is 0 Å². The molecular formula is C20H25ClIN3O2. The van der Waals surface area contributed by atoms with Gasteiger partial charge in [-0.05, 0) is 25.1 Å². The Balaban J connectivity index is 0.00000261. The average molecular weight is 502 g/mol. The van der Waals surface area contributed by atoms with Crippen LogP contribution >= 0.6 is 35.6 Å². The molecule has 0 aliphatic carbocycles. The van der Waals surface area contributed by atoms with Gasteiger partial charge in [0.2, 0.25) is 0 Å². The smallest absolute Gasteiger partial charge is 0.191 e. The van der Waals surface area contributed by atoms with E-state index in [1.54, 1.807) is 7.05 Å². The van der Waals surface area contributed by atoms with Crippen LogP contribution in [0.15, 0.2) is 53.5 Å². The summed E-state index contributed by atoms with van der Waals surface area (Å²) in [6.07, 6.45) is 0.832. The minimum absolute atomic E-state index is 0. The van der Waals surface area contributed by atoms with Crippen molar-refractivity contribution in [1.29, 1.82) is 0 Å². The van der Waals surface area contributed by atoms with Gasteiger partial charge in [0.1, 0.15) is 17.6 Å². The van der Waals surface area contributed by atoms with Crippen molar-refractivity contribution in [2.75, 3.05) is 20.2 Å². The number of benzene rings is 2. The first-order valence-corrected chi connectivity index (χ1v) is 9.15. The molecule has 0 saturated heterocycles. The highest BCUT2D eigenvalue weighted by Gasteiger charge is 2.22. The molecule has 7 heteroatoms. The van der Waals surface area contributed by atoms with Gasteiger partial charge in [0.05, 0.1) is 24.2 Å². The van der Waals surface area contributed by atoms with Gasteiger partial charge in [0.15, 0.2) is 5.96 Å². The van der Waals surface area contributed by atoms with Crippen molar-refractivity contribution < 1.29 is 9.47 Å². The lowest BCUT2D eigenvalue weighted by molar-refractivity contribution is 0.223. The van der Waals surface area contributed by atoms with E-state index in [9.17, 15) is 0 Å². The molecule has 0 fully saturated rings. The normalized spacial score (nSPS) is 17.0. The van der Waals surface area contributed by atoms with Crippen molar-refractivity contribution in [3.8, 4) is 11.5 Å². The Morgan fingerprint density at radius 3 is 2.78 bits per heavy atom. The Hall–Kier alpha value is -1.67. The molecule has 146 valence electrons. The Kier molecular flexibility index (Phi) is 8.50. The van der Waals surface area contributed by atoms with Gasteiger partial charge in [-0.15, -0.1) is 24.0 Å². The molecule has 2 aromatic rings. The van der Waals surface area contributed by atoms with Crippen LogP contribution in [0.1, 0.15) is 24.9 Å². The quantitative estimate of drug-likeness (QED) is 0.362. The van der Waals surface area contributed by atoms with Crippen LogP contribution in [0.2, 0.25) is 5.02 Å². The Labute approximate surface area is 182 Å². The number of halogens is 2. The number of rotatable bonds is 5. The lowest BCUT2D eigenvalue weighted by Crippen LogP contribution is -2.44. The summed E-state index contributed by atoms with van der Waals surface area (Å²) < 4.78 is 11.6. The minimum atomic E-state index is -0.0598. The van der Waals surface area contributed by atoms with E-state index in [0.717, 1.165) is 23.7 Å². The molecule has 2 aromatic carbocycles. The maximum Gasteiger partial charge on any atom is 0.191 e. The average Bonchev–Trinajstić information content (AvgIpc) is 2.67. The molecule has 27 heavy (non-hydrogen) atoms. The Morgan fingerprint density at radius 1 is 1.26 bits per heavy atom. The summed E-state index contributed by atoms with van der Waals surface area (Å²) in [5, 5.41) is 7.40. The number of para-hydroxylation sites is 2. The zero-order valence-corrected chi connectivity index (χ0v) is 18.5. The van der Waals surface area contributed by atoms with Gasteiger partial charge in [0.25, 0.3) is 0 Å². The third-order valence-electron chi connectivity index (χ3n) is 4.21. The summed E-state index contributed by atoms with van der Waals surface area (Å²) >= 11 is 6.14. The van der Waals surface area contributed by atoms with Crippen molar-refractivity contribution in [2.24, 2.45) is 4.99 Å². The SMILES string of the molecule is CN=C(NCC(C)Oc1ccccc1Cl)NC1CCOc2ccccc21.I. The molecule has 1 aliphatic heterocycles. The fourth-order valence-electron chi connectivity index (χ4n) is 2.89. The monoisotopic (exact) mass is 501 g/mol. The minimum Gasteiger partial charge on any atom is -0.493 e. The van der Waals surface area contributed by atoms with Crippen LogP contribution < -0.4 is 20.1 Å². The number of hydrogen-bond acceptors (Lipinski definition) is 3. The van der Waals surface area contributed by atoms with E-state index in [4.69, 9.17) is 21.1 Å². The summed E-state index contributed by atoms with van der Waals surface area (Å²) in [7, 11) is 1.76. The lowest BCUT2D eigenvalue weighted by Gasteiger charge is -2.28. The number of ether oxygens (including phenoxy) is 2. The predicted octanol–water partition coefficient (Wildman–Crippen LogP) is 4.41. The van der Waals surface area contributed by atoms with Gasteiger partial charge in [-0.25, -0.2) is 0 Å². The van der Waals surface area contributed by atoms with Crippen LogP contribution in [0.5, 0.6) is 11.5 Å². The fourth-order valence-corrected chi connectivity index (χ4v) is 3.07. The van der Waals surface area contributed by atoms with Crippen LogP contribution in [-0.4, -0.2) is 32.3 Å². The molecule has 2 atom stereocenters. The molecule has 1 heterocycles.